The molecule has 1 amide bonds. The molecule has 24 heavy (non-hydrogen) atoms. The standard InChI is InChI=1S/C20H21N3O/c21-13-16-7-9-19(10-8-16)20(24)22-14-17-3-5-18(6-4-17)15-23-11-1-2-12-23/h3-10H,1-2,11-12,14-15H2,(H,22,24)/p+1. The summed E-state index contributed by atoms with van der Waals surface area (Å²) in [5.74, 6) is -0.120. The van der Waals surface area contributed by atoms with Gasteiger partial charge in [-0.15, -0.1) is 0 Å². The Labute approximate surface area is 142 Å². The van der Waals surface area contributed by atoms with Crippen molar-refractivity contribution in [2.24, 2.45) is 0 Å². The lowest BCUT2D eigenvalue weighted by Gasteiger charge is -2.12. The molecule has 0 spiro atoms. The minimum atomic E-state index is -0.120. The highest BCUT2D eigenvalue weighted by Gasteiger charge is 2.15. The van der Waals surface area contributed by atoms with Crippen molar-refractivity contribution in [1.29, 1.82) is 5.26 Å². The second-order valence-corrected chi connectivity index (χ2v) is 6.32. The lowest BCUT2D eigenvalue weighted by Crippen LogP contribution is -3.08. The van der Waals surface area contributed by atoms with Gasteiger partial charge in [-0.1, -0.05) is 24.3 Å². The smallest absolute Gasteiger partial charge is 0.251 e. The molecule has 122 valence electrons. The minimum Gasteiger partial charge on any atom is -0.348 e. The van der Waals surface area contributed by atoms with Crippen LogP contribution in [0.1, 0.15) is 39.9 Å². The van der Waals surface area contributed by atoms with E-state index in [4.69, 9.17) is 5.26 Å². The molecule has 1 fully saturated rings. The van der Waals surface area contributed by atoms with Crippen LogP contribution in [0.4, 0.5) is 0 Å². The summed E-state index contributed by atoms with van der Waals surface area (Å²) in [6, 6.07) is 17.2. The molecule has 0 atom stereocenters. The van der Waals surface area contributed by atoms with Crippen molar-refractivity contribution in [1.82, 2.24) is 5.32 Å². The molecule has 1 aliphatic heterocycles. The number of likely N-dealkylation sites (tertiary alicyclic amines) is 1. The van der Waals surface area contributed by atoms with E-state index < -0.39 is 0 Å². The normalized spacial score (nSPS) is 14.3. The summed E-state index contributed by atoms with van der Waals surface area (Å²) in [6.45, 7) is 4.17. The summed E-state index contributed by atoms with van der Waals surface area (Å²) in [5, 5.41) is 11.7. The lowest BCUT2D eigenvalue weighted by atomic mass is 10.1. The molecular weight excluding hydrogens is 298 g/mol. The first kappa shape index (κ1) is 16.2. The number of hydrogen-bond acceptors (Lipinski definition) is 2. The molecule has 1 saturated heterocycles. The van der Waals surface area contributed by atoms with Crippen LogP contribution in [-0.2, 0) is 13.1 Å². The molecule has 0 unspecified atom stereocenters. The van der Waals surface area contributed by atoms with Crippen LogP contribution in [0.25, 0.3) is 0 Å². The van der Waals surface area contributed by atoms with Gasteiger partial charge in [-0.2, -0.15) is 5.26 Å². The predicted octanol–water partition coefficient (Wildman–Crippen LogP) is 1.67. The van der Waals surface area contributed by atoms with Crippen LogP contribution in [0.15, 0.2) is 48.5 Å². The number of nitrogens with zero attached hydrogens (tertiary/aromatic N) is 1. The van der Waals surface area contributed by atoms with Crippen LogP contribution in [0.2, 0.25) is 0 Å². The molecule has 0 aromatic heterocycles. The molecule has 3 rings (SSSR count). The van der Waals surface area contributed by atoms with E-state index in [2.05, 4.69) is 29.6 Å². The second kappa shape index (κ2) is 7.76. The zero-order valence-electron chi connectivity index (χ0n) is 13.7. The number of amides is 1. The Hall–Kier alpha value is -2.64. The SMILES string of the molecule is N#Cc1ccc(C(=O)NCc2ccc(C[NH+]3CCCC3)cc2)cc1. The van der Waals surface area contributed by atoms with Gasteiger partial charge in [0.15, 0.2) is 0 Å². The molecular formula is C20H22N3O+. The Kier molecular flexibility index (Phi) is 5.25. The van der Waals surface area contributed by atoms with Crippen molar-refractivity contribution in [3.8, 4) is 6.07 Å². The Morgan fingerprint density at radius 3 is 2.25 bits per heavy atom. The van der Waals surface area contributed by atoms with Gasteiger partial charge in [0.25, 0.3) is 5.91 Å². The van der Waals surface area contributed by atoms with Crippen molar-refractivity contribution in [3.05, 3.63) is 70.8 Å². The summed E-state index contributed by atoms with van der Waals surface area (Å²) in [6.07, 6.45) is 2.68. The average molecular weight is 320 g/mol. The fourth-order valence-corrected chi connectivity index (χ4v) is 3.10. The fraction of sp³-hybridized carbons (Fsp3) is 0.300. The molecule has 4 nitrogen and oxygen atoms in total. The number of carbonyl (C=O) groups excluding carboxylic acids is 1. The molecule has 2 aromatic carbocycles. The third kappa shape index (κ3) is 4.21. The maximum absolute atomic E-state index is 12.1. The maximum atomic E-state index is 12.1. The number of nitrogens with one attached hydrogen (secondary N) is 2. The van der Waals surface area contributed by atoms with Crippen molar-refractivity contribution in [2.45, 2.75) is 25.9 Å². The largest absolute Gasteiger partial charge is 0.348 e. The van der Waals surface area contributed by atoms with Crippen molar-refractivity contribution in [2.75, 3.05) is 13.1 Å². The third-order valence-electron chi connectivity index (χ3n) is 4.52. The number of benzene rings is 2. The van der Waals surface area contributed by atoms with Crippen LogP contribution in [-0.4, -0.2) is 19.0 Å². The zero-order chi connectivity index (χ0) is 16.8. The number of rotatable bonds is 5. The summed E-state index contributed by atoms with van der Waals surface area (Å²) in [7, 11) is 0. The van der Waals surface area contributed by atoms with Gasteiger partial charge in [-0.25, -0.2) is 0 Å². The molecule has 0 bridgehead atoms. The number of hydrogen-bond donors (Lipinski definition) is 2. The molecule has 0 aliphatic carbocycles. The average Bonchev–Trinajstić information content (AvgIpc) is 3.14. The van der Waals surface area contributed by atoms with Crippen LogP contribution in [0.5, 0.6) is 0 Å². The molecule has 1 heterocycles. The predicted molar refractivity (Wildman–Crippen MR) is 92.4 cm³/mol. The second-order valence-electron chi connectivity index (χ2n) is 6.32. The number of quaternary nitrogens is 1. The first-order valence-electron chi connectivity index (χ1n) is 8.44. The summed E-state index contributed by atoms with van der Waals surface area (Å²) < 4.78 is 0. The lowest BCUT2D eigenvalue weighted by molar-refractivity contribution is -0.901. The van der Waals surface area contributed by atoms with Crippen LogP contribution < -0.4 is 10.2 Å². The monoisotopic (exact) mass is 320 g/mol. The zero-order valence-corrected chi connectivity index (χ0v) is 13.7. The number of carbonyl (C=O) groups is 1. The van der Waals surface area contributed by atoms with E-state index in [1.165, 1.54) is 31.5 Å². The highest BCUT2D eigenvalue weighted by molar-refractivity contribution is 5.94. The van der Waals surface area contributed by atoms with Gasteiger partial charge in [-0.3, -0.25) is 4.79 Å². The van der Waals surface area contributed by atoms with E-state index in [0.717, 1.165) is 12.1 Å². The molecule has 1 aliphatic rings. The quantitative estimate of drug-likeness (QED) is 0.880. The first-order valence-corrected chi connectivity index (χ1v) is 8.44. The number of nitriles is 1. The van der Waals surface area contributed by atoms with Gasteiger partial charge in [0.1, 0.15) is 6.54 Å². The van der Waals surface area contributed by atoms with Crippen LogP contribution in [0, 0.1) is 11.3 Å². The van der Waals surface area contributed by atoms with E-state index in [1.54, 1.807) is 29.2 Å². The van der Waals surface area contributed by atoms with E-state index in [9.17, 15) is 4.79 Å². The van der Waals surface area contributed by atoms with E-state index in [1.807, 2.05) is 6.07 Å². The highest BCUT2D eigenvalue weighted by atomic mass is 16.1. The molecule has 2 aromatic rings. The first-order chi connectivity index (χ1) is 11.7. The summed E-state index contributed by atoms with van der Waals surface area (Å²) >= 11 is 0. The van der Waals surface area contributed by atoms with Gasteiger partial charge in [0, 0.05) is 30.5 Å². The highest BCUT2D eigenvalue weighted by Crippen LogP contribution is 2.06. The molecule has 0 radical (unpaired) electrons. The summed E-state index contributed by atoms with van der Waals surface area (Å²) in [5.41, 5.74) is 3.58. The van der Waals surface area contributed by atoms with Crippen LogP contribution >= 0.6 is 0 Å². The van der Waals surface area contributed by atoms with Gasteiger partial charge in [-0.05, 0) is 29.8 Å². The molecule has 0 saturated carbocycles. The Morgan fingerprint density at radius 2 is 1.62 bits per heavy atom. The van der Waals surface area contributed by atoms with E-state index in [0.29, 0.717) is 17.7 Å². The maximum Gasteiger partial charge on any atom is 0.251 e. The van der Waals surface area contributed by atoms with E-state index in [-0.39, 0.29) is 5.91 Å². The minimum absolute atomic E-state index is 0.120. The van der Waals surface area contributed by atoms with Crippen molar-refractivity contribution >= 4 is 5.91 Å². The summed E-state index contributed by atoms with van der Waals surface area (Å²) in [4.78, 5) is 13.8. The van der Waals surface area contributed by atoms with E-state index >= 15 is 0 Å². The Bertz CT molecular complexity index is 723. The van der Waals surface area contributed by atoms with Crippen molar-refractivity contribution in [3.63, 3.8) is 0 Å². The van der Waals surface area contributed by atoms with Crippen LogP contribution in [0.3, 0.4) is 0 Å². The Balaban J connectivity index is 1.52. The topological polar surface area (TPSA) is 57.3 Å². The van der Waals surface area contributed by atoms with Gasteiger partial charge in [0.2, 0.25) is 0 Å². The molecule has 4 heteroatoms. The molecule has 2 N–H and O–H groups in total. The van der Waals surface area contributed by atoms with Crippen molar-refractivity contribution < 1.29 is 9.69 Å². The third-order valence-corrected chi connectivity index (χ3v) is 4.52. The van der Waals surface area contributed by atoms with Gasteiger partial charge < -0.3 is 10.2 Å². The van der Waals surface area contributed by atoms with Gasteiger partial charge in [0.05, 0.1) is 24.7 Å². The Morgan fingerprint density at radius 1 is 1.00 bits per heavy atom. The fourth-order valence-electron chi connectivity index (χ4n) is 3.10. The van der Waals surface area contributed by atoms with Gasteiger partial charge >= 0.3 is 0 Å².